The van der Waals surface area contributed by atoms with Crippen LogP contribution in [0, 0.1) is 0 Å². The predicted molar refractivity (Wildman–Crippen MR) is 158 cm³/mol. The Morgan fingerprint density at radius 2 is 1.80 bits per heavy atom. The molecule has 5 rings (SSSR count). The Bertz CT molecular complexity index is 1730. The van der Waals surface area contributed by atoms with E-state index in [1.165, 1.54) is 48.4 Å². The zero-order valence-corrected chi connectivity index (χ0v) is 25.0. The Balaban J connectivity index is 1.30. The number of nitrogens with zero attached hydrogens (tertiary/aromatic N) is 7. The summed E-state index contributed by atoms with van der Waals surface area (Å²) < 4.78 is 44.2. The van der Waals surface area contributed by atoms with Crippen molar-refractivity contribution in [1.29, 1.82) is 0 Å². The van der Waals surface area contributed by atoms with Crippen molar-refractivity contribution >= 4 is 35.0 Å². The summed E-state index contributed by atoms with van der Waals surface area (Å²) >= 11 is 6.41. The molecule has 1 atom stereocenters. The zero-order chi connectivity index (χ0) is 32.5. The lowest BCUT2D eigenvalue weighted by Crippen LogP contribution is -2.53. The van der Waals surface area contributed by atoms with Gasteiger partial charge >= 0.3 is 6.18 Å². The SMILES string of the molecule is CC(N)C(=O)N1CCN(C(=O)c2ccc(NC(=O)c3ncc(-c4cn(Cc5cccnc5)nc4C(F)(F)F)n3C)cc2Cl)CC1. The van der Waals surface area contributed by atoms with Crippen molar-refractivity contribution < 1.29 is 27.6 Å². The van der Waals surface area contributed by atoms with Crippen molar-refractivity contribution in [2.24, 2.45) is 12.8 Å². The fourth-order valence-electron chi connectivity index (χ4n) is 4.99. The first-order valence-electron chi connectivity index (χ1n) is 13.8. The molecule has 1 aliphatic rings. The van der Waals surface area contributed by atoms with Crippen molar-refractivity contribution in [2.75, 3.05) is 31.5 Å². The standard InChI is InChI=1S/C29H29ClF3N9O3/c1-17(34)27(44)40-8-10-41(11-9-40)28(45)20-6-5-19(12-22(20)30)37-26(43)25-36-14-23(39(25)2)21-16-42(38-24(21)29(31,32)33)15-18-4-3-7-35-13-18/h3-7,12-14,16-17H,8-11,15,34H2,1-2H3,(H,37,43). The monoisotopic (exact) mass is 643 g/mol. The Kier molecular flexibility index (Phi) is 8.93. The highest BCUT2D eigenvalue weighted by atomic mass is 35.5. The Morgan fingerprint density at radius 1 is 1.09 bits per heavy atom. The first-order valence-corrected chi connectivity index (χ1v) is 14.2. The third-order valence-corrected chi connectivity index (χ3v) is 7.60. The number of hydrogen-bond donors (Lipinski definition) is 2. The van der Waals surface area contributed by atoms with E-state index >= 15 is 0 Å². The summed E-state index contributed by atoms with van der Waals surface area (Å²) in [6.07, 6.45) is 0.754. The summed E-state index contributed by atoms with van der Waals surface area (Å²) in [5.74, 6) is -1.38. The minimum absolute atomic E-state index is 0.0339. The van der Waals surface area contributed by atoms with E-state index in [2.05, 4.69) is 20.4 Å². The van der Waals surface area contributed by atoms with Crippen LogP contribution in [0.5, 0.6) is 0 Å². The van der Waals surface area contributed by atoms with Gasteiger partial charge in [0.25, 0.3) is 11.8 Å². The van der Waals surface area contributed by atoms with Crippen molar-refractivity contribution in [1.82, 2.24) is 34.1 Å². The van der Waals surface area contributed by atoms with Gasteiger partial charge in [-0.2, -0.15) is 18.3 Å². The largest absolute Gasteiger partial charge is 0.435 e. The first kappa shape index (κ1) is 31.7. The predicted octanol–water partition coefficient (Wildman–Crippen LogP) is 3.28. The molecule has 236 valence electrons. The molecule has 3 aromatic heterocycles. The third-order valence-electron chi connectivity index (χ3n) is 7.29. The maximum Gasteiger partial charge on any atom is 0.435 e. The number of halogens is 4. The van der Waals surface area contributed by atoms with Crippen LogP contribution >= 0.6 is 11.6 Å². The number of benzene rings is 1. The van der Waals surface area contributed by atoms with Gasteiger partial charge in [0.15, 0.2) is 11.5 Å². The number of alkyl halides is 3. The van der Waals surface area contributed by atoms with Crippen LogP contribution in [0.2, 0.25) is 5.02 Å². The average molecular weight is 644 g/mol. The number of piperazine rings is 1. The fraction of sp³-hybridized carbons (Fsp3) is 0.310. The van der Waals surface area contributed by atoms with Crippen LogP contribution in [-0.2, 0) is 24.6 Å². The Hall–Kier alpha value is -4.76. The fourth-order valence-corrected chi connectivity index (χ4v) is 5.25. The number of hydrogen-bond acceptors (Lipinski definition) is 7. The molecular formula is C29H29ClF3N9O3. The van der Waals surface area contributed by atoms with Gasteiger partial charge in [-0.25, -0.2) is 4.98 Å². The molecule has 16 heteroatoms. The lowest BCUT2D eigenvalue weighted by atomic mass is 10.1. The lowest BCUT2D eigenvalue weighted by Gasteiger charge is -2.35. The minimum Gasteiger partial charge on any atom is -0.338 e. The van der Waals surface area contributed by atoms with Gasteiger partial charge in [0.05, 0.1) is 40.6 Å². The molecule has 0 bridgehead atoms. The van der Waals surface area contributed by atoms with Crippen LogP contribution in [0.1, 0.15) is 39.2 Å². The number of nitrogens with two attached hydrogens (primary N) is 1. The molecule has 1 aliphatic heterocycles. The molecule has 1 unspecified atom stereocenters. The molecule has 1 saturated heterocycles. The van der Waals surface area contributed by atoms with E-state index in [0.29, 0.717) is 31.7 Å². The first-order chi connectivity index (χ1) is 21.3. The highest BCUT2D eigenvalue weighted by Gasteiger charge is 2.38. The maximum atomic E-state index is 13.9. The molecule has 0 radical (unpaired) electrons. The van der Waals surface area contributed by atoms with E-state index in [9.17, 15) is 27.6 Å². The smallest absolute Gasteiger partial charge is 0.338 e. The van der Waals surface area contributed by atoms with Gasteiger partial charge in [0.2, 0.25) is 5.91 Å². The molecule has 3 amide bonds. The van der Waals surface area contributed by atoms with E-state index < -0.39 is 23.8 Å². The van der Waals surface area contributed by atoms with Gasteiger partial charge in [-0.15, -0.1) is 0 Å². The van der Waals surface area contributed by atoms with Crippen LogP contribution in [0.15, 0.2) is 55.1 Å². The molecule has 0 aliphatic carbocycles. The van der Waals surface area contributed by atoms with Gasteiger partial charge in [-0.3, -0.25) is 24.0 Å². The summed E-state index contributed by atoms with van der Waals surface area (Å²) in [6, 6.07) is 7.12. The van der Waals surface area contributed by atoms with E-state index in [1.807, 2.05) is 0 Å². The second kappa shape index (κ2) is 12.7. The number of pyridine rings is 1. The highest BCUT2D eigenvalue weighted by molar-refractivity contribution is 6.34. The zero-order valence-electron chi connectivity index (χ0n) is 24.3. The quantitative estimate of drug-likeness (QED) is 0.315. The topological polar surface area (TPSA) is 144 Å². The van der Waals surface area contributed by atoms with Gasteiger partial charge in [0, 0.05) is 57.5 Å². The van der Waals surface area contributed by atoms with Crippen molar-refractivity contribution in [3.05, 3.63) is 82.8 Å². The van der Waals surface area contributed by atoms with Crippen molar-refractivity contribution in [2.45, 2.75) is 25.7 Å². The molecule has 4 heterocycles. The normalized spacial score (nSPS) is 14.4. The highest BCUT2D eigenvalue weighted by Crippen LogP contribution is 2.36. The molecule has 1 fully saturated rings. The number of aromatic nitrogens is 5. The molecule has 45 heavy (non-hydrogen) atoms. The Morgan fingerprint density at radius 3 is 2.42 bits per heavy atom. The molecule has 4 aromatic rings. The van der Waals surface area contributed by atoms with Crippen LogP contribution in [0.3, 0.4) is 0 Å². The van der Waals surface area contributed by atoms with E-state index in [1.54, 1.807) is 35.1 Å². The summed E-state index contributed by atoms with van der Waals surface area (Å²) in [7, 11) is 1.42. The summed E-state index contributed by atoms with van der Waals surface area (Å²) in [4.78, 5) is 49.6. The van der Waals surface area contributed by atoms with Gasteiger partial charge in [-0.1, -0.05) is 17.7 Å². The molecule has 0 spiro atoms. The van der Waals surface area contributed by atoms with Crippen molar-refractivity contribution in [3.63, 3.8) is 0 Å². The molecule has 3 N–H and O–H groups in total. The number of anilines is 1. The van der Waals surface area contributed by atoms with Gasteiger partial charge in [-0.05, 0) is 36.8 Å². The second-order valence-electron chi connectivity index (χ2n) is 10.5. The van der Waals surface area contributed by atoms with Crippen molar-refractivity contribution in [3.8, 4) is 11.3 Å². The number of rotatable bonds is 7. The summed E-state index contributed by atoms with van der Waals surface area (Å²) in [5.41, 5.74) is 5.47. The average Bonchev–Trinajstić information content (AvgIpc) is 3.60. The summed E-state index contributed by atoms with van der Waals surface area (Å²) in [6.45, 7) is 2.98. The van der Waals surface area contributed by atoms with Gasteiger partial charge < -0.3 is 25.4 Å². The molecule has 0 saturated carbocycles. The molecular weight excluding hydrogens is 615 g/mol. The lowest BCUT2D eigenvalue weighted by molar-refractivity contribution is -0.141. The number of nitrogens with one attached hydrogen (secondary N) is 1. The van der Waals surface area contributed by atoms with Crippen LogP contribution in [0.25, 0.3) is 11.3 Å². The van der Waals surface area contributed by atoms with E-state index in [4.69, 9.17) is 17.3 Å². The molecule has 1 aromatic carbocycles. The van der Waals surface area contributed by atoms with Crippen LogP contribution in [0.4, 0.5) is 18.9 Å². The van der Waals surface area contributed by atoms with Crippen LogP contribution in [-0.4, -0.2) is 84.1 Å². The molecule has 12 nitrogen and oxygen atoms in total. The number of imidazole rings is 1. The number of carbonyl (C=O) groups is 3. The Labute approximate surface area is 260 Å². The number of carbonyl (C=O) groups excluding carboxylic acids is 3. The third kappa shape index (κ3) is 6.83. The summed E-state index contributed by atoms with van der Waals surface area (Å²) in [5, 5.41) is 6.47. The van der Waals surface area contributed by atoms with E-state index in [0.717, 1.165) is 4.68 Å². The second-order valence-corrected chi connectivity index (χ2v) is 10.9. The van der Waals surface area contributed by atoms with E-state index in [-0.39, 0.29) is 51.7 Å². The maximum absolute atomic E-state index is 13.9. The minimum atomic E-state index is -4.76. The number of amides is 3. The van der Waals surface area contributed by atoms with Crippen LogP contribution < -0.4 is 11.1 Å². The van der Waals surface area contributed by atoms with Gasteiger partial charge in [0.1, 0.15) is 0 Å².